The average molecular weight is 442 g/mol. The molecule has 2 aromatic carbocycles. The molecule has 0 amide bonds. The number of hydrogen-bond donors (Lipinski definition) is 0. The molecule has 0 saturated carbocycles. The van der Waals surface area contributed by atoms with Crippen LogP contribution in [0.3, 0.4) is 0 Å². The Kier molecular flexibility index (Phi) is 7.34. The molecule has 1 aliphatic carbocycles. The van der Waals surface area contributed by atoms with Crippen molar-refractivity contribution in [3.63, 3.8) is 0 Å². The number of hydrogen-bond acceptors (Lipinski definition) is 4. The molecule has 0 aliphatic heterocycles. The second-order valence-corrected chi connectivity index (χ2v) is 10.4. The molecule has 166 valence electrons. The summed E-state index contributed by atoms with van der Waals surface area (Å²) in [7, 11) is -1.92. The minimum atomic E-state index is -3.54. The van der Waals surface area contributed by atoms with E-state index in [1.807, 2.05) is 32.0 Å². The minimum Gasteiger partial charge on any atom is -0.486 e. The Labute approximate surface area is 185 Å². The molecular weight excluding hydrogens is 410 g/mol. The van der Waals surface area contributed by atoms with E-state index in [0.717, 1.165) is 35.8 Å². The second kappa shape index (κ2) is 9.79. The van der Waals surface area contributed by atoms with Crippen LogP contribution in [0.15, 0.2) is 59.0 Å². The molecule has 31 heavy (non-hydrogen) atoms. The van der Waals surface area contributed by atoms with Crippen LogP contribution < -0.4 is 4.74 Å². The Morgan fingerprint density at radius 2 is 1.84 bits per heavy atom. The summed E-state index contributed by atoms with van der Waals surface area (Å²) in [5, 5.41) is 0. The number of sulfonamides is 1. The first-order valence-electron chi connectivity index (χ1n) is 10.7. The first kappa shape index (κ1) is 23.2. The smallest absolute Gasteiger partial charge is 0.242 e. The quantitative estimate of drug-likeness (QED) is 0.430. The molecule has 0 fully saturated rings. The van der Waals surface area contributed by atoms with Gasteiger partial charge < -0.3 is 4.74 Å². The third kappa shape index (κ3) is 5.43. The fraction of sp³-hybridized carbons (Fsp3) is 0.400. The van der Waals surface area contributed by atoms with E-state index in [9.17, 15) is 13.2 Å². The number of carbonyl (C=O) groups is 1. The van der Waals surface area contributed by atoms with Gasteiger partial charge in [0.05, 0.1) is 4.90 Å². The first-order valence-corrected chi connectivity index (χ1v) is 12.1. The topological polar surface area (TPSA) is 63.7 Å². The summed E-state index contributed by atoms with van der Waals surface area (Å²) < 4.78 is 33.6. The van der Waals surface area contributed by atoms with Crippen LogP contribution in [0, 0.1) is 19.8 Å². The van der Waals surface area contributed by atoms with Crippen LogP contribution in [-0.2, 0) is 10.0 Å². The second-order valence-electron chi connectivity index (χ2n) is 8.40. The van der Waals surface area contributed by atoms with Gasteiger partial charge >= 0.3 is 0 Å². The normalized spacial score (nSPS) is 19.2. The summed E-state index contributed by atoms with van der Waals surface area (Å²) in [6, 6.07) is 12.4. The van der Waals surface area contributed by atoms with Gasteiger partial charge in [0, 0.05) is 19.2 Å². The highest BCUT2D eigenvalue weighted by atomic mass is 32.2. The lowest BCUT2D eigenvalue weighted by Gasteiger charge is -2.32. The van der Waals surface area contributed by atoms with Gasteiger partial charge in [-0.2, -0.15) is 0 Å². The Morgan fingerprint density at radius 1 is 1.13 bits per heavy atom. The van der Waals surface area contributed by atoms with Crippen LogP contribution >= 0.6 is 0 Å². The molecule has 6 heteroatoms. The Morgan fingerprint density at radius 3 is 2.52 bits per heavy atom. The van der Waals surface area contributed by atoms with Crippen molar-refractivity contribution in [1.82, 2.24) is 4.31 Å². The summed E-state index contributed by atoms with van der Waals surface area (Å²) in [5.74, 6) is 1.01. The van der Waals surface area contributed by atoms with Crippen molar-refractivity contribution in [3.05, 3.63) is 70.8 Å². The number of carbonyl (C=O) groups excluding carboxylic acids is 1. The van der Waals surface area contributed by atoms with Crippen molar-refractivity contribution >= 4 is 16.3 Å². The van der Waals surface area contributed by atoms with E-state index in [-0.39, 0.29) is 6.10 Å². The highest BCUT2D eigenvalue weighted by Crippen LogP contribution is 2.32. The fourth-order valence-electron chi connectivity index (χ4n) is 3.85. The third-order valence-electron chi connectivity index (χ3n) is 5.96. The van der Waals surface area contributed by atoms with Crippen molar-refractivity contribution in [2.75, 3.05) is 13.6 Å². The maximum Gasteiger partial charge on any atom is 0.242 e. The van der Waals surface area contributed by atoms with Gasteiger partial charge in [0.25, 0.3) is 0 Å². The molecule has 0 unspecified atom stereocenters. The van der Waals surface area contributed by atoms with Gasteiger partial charge in [0.1, 0.15) is 18.1 Å². The minimum absolute atomic E-state index is 0.134. The highest BCUT2D eigenvalue weighted by Gasteiger charge is 2.28. The van der Waals surface area contributed by atoms with Gasteiger partial charge in [-0.05, 0) is 68.4 Å². The molecule has 0 saturated heterocycles. The van der Waals surface area contributed by atoms with Gasteiger partial charge in [-0.15, -0.1) is 0 Å². The molecule has 0 radical (unpaired) electrons. The zero-order valence-corrected chi connectivity index (χ0v) is 19.5. The molecule has 0 N–H and O–H groups in total. The molecular formula is C25H31NO4S. The van der Waals surface area contributed by atoms with Crippen molar-refractivity contribution in [3.8, 4) is 5.75 Å². The van der Waals surface area contributed by atoms with E-state index < -0.39 is 10.0 Å². The molecule has 5 nitrogen and oxygen atoms in total. The Balaban J connectivity index is 1.74. The zero-order chi connectivity index (χ0) is 22.6. The predicted octanol–water partition coefficient (Wildman–Crippen LogP) is 4.93. The monoisotopic (exact) mass is 441 g/mol. The van der Waals surface area contributed by atoms with Crippen LogP contribution in [0.2, 0.25) is 0 Å². The number of allylic oxidation sites excluding steroid dienone is 1. The van der Waals surface area contributed by atoms with Gasteiger partial charge in [-0.25, -0.2) is 12.7 Å². The fourth-order valence-corrected chi connectivity index (χ4v) is 5.02. The van der Waals surface area contributed by atoms with Gasteiger partial charge in [-0.3, -0.25) is 4.79 Å². The zero-order valence-electron chi connectivity index (χ0n) is 18.7. The van der Waals surface area contributed by atoms with Crippen LogP contribution in [0.25, 0.3) is 0 Å². The average Bonchev–Trinajstić information content (AvgIpc) is 2.75. The standard InChI is InChI=1S/C25H31NO4S/c1-18-8-12-23(13-9-18)31(28,29)26(4)15-14-22-7-5-6-20(3)25(22)30-24-16-21(17-27)11-10-19(24)2/h7-13,16-17,20,25H,5-6,14-15H2,1-4H3/t20-,25+/m0/s1. The molecule has 0 spiro atoms. The lowest BCUT2D eigenvalue weighted by molar-refractivity contribution is 0.112. The summed E-state index contributed by atoms with van der Waals surface area (Å²) in [6.45, 7) is 6.43. The van der Waals surface area contributed by atoms with Crippen molar-refractivity contribution < 1.29 is 17.9 Å². The molecule has 1 aliphatic rings. The number of rotatable bonds is 8. The van der Waals surface area contributed by atoms with E-state index in [0.29, 0.717) is 35.1 Å². The van der Waals surface area contributed by atoms with E-state index in [2.05, 4.69) is 13.0 Å². The number of benzene rings is 2. The summed E-state index contributed by atoms with van der Waals surface area (Å²) >= 11 is 0. The molecule has 0 bridgehead atoms. The van der Waals surface area contributed by atoms with Crippen LogP contribution in [0.5, 0.6) is 5.75 Å². The number of ether oxygens (including phenoxy) is 1. The molecule has 2 atom stereocenters. The van der Waals surface area contributed by atoms with E-state index >= 15 is 0 Å². The lowest BCUT2D eigenvalue weighted by atomic mass is 9.85. The van der Waals surface area contributed by atoms with Crippen LogP contribution in [0.4, 0.5) is 0 Å². The summed E-state index contributed by atoms with van der Waals surface area (Å²) in [4.78, 5) is 11.5. The Hall–Kier alpha value is -2.44. The number of aryl methyl sites for hydroxylation is 2. The summed E-state index contributed by atoms with van der Waals surface area (Å²) in [6.07, 6.45) is 5.43. The molecule has 3 rings (SSSR count). The van der Waals surface area contributed by atoms with Crippen molar-refractivity contribution in [1.29, 1.82) is 0 Å². The van der Waals surface area contributed by atoms with E-state index in [4.69, 9.17) is 4.74 Å². The third-order valence-corrected chi connectivity index (χ3v) is 7.83. The van der Waals surface area contributed by atoms with Crippen LogP contribution in [0.1, 0.15) is 47.7 Å². The molecule has 0 heterocycles. The highest BCUT2D eigenvalue weighted by molar-refractivity contribution is 7.89. The maximum atomic E-state index is 12.9. The number of aldehydes is 1. The number of nitrogens with zero attached hydrogens (tertiary/aromatic N) is 1. The Bertz CT molecular complexity index is 1060. The van der Waals surface area contributed by atoms with Crippen LogP contribution in [-0.4, -0.2) is 38.7 Å². The van der Waals surface area contributed by atoms with Crippen molar-refractivity contribution in [2.24, 2.45) is 5.92 Å². The predicted molar refractivity (Wildman–Crippen MR) is 123 cm³/mol. The van der Waals surface area contributed by atoms with Gasteiger partial charge in [0.2, 0.25) is 10.0 Å². The molecule has 0 aromatic heterocycles. The van der Waals surface area contributed by atoms with E-state index in [1.165, 1.54) is 4.31 Å². The first-order chi connectivity index (χ1) is 14.7. The maximum absolute atomic E-state index is 12.9. The van der Waals surface area contributed by atoms with Gasteiger partial charge in [-0.1, -0.05) is 42.8 Å². The van der Waals surface area contributed by atoms with Gasteiger partial charge in [0.15, 0.2) is 0 Å². The van der Waals surface area contributed by atoms with E-state index in [1.54, 1.807) is 31.3 Å². The van der Waals surface area contributed by atoms with Crippen molar-refractivity contribution in [2.45, 2.75) is 51.0 Å². The molecule has 2 aromatic rings. The lowest BCUT2D eigenvalue weighted by Crippen LogP contribution is -2.33. The summed E-state index contributed by atoms with van der Waals surface area (Å²) in [5.41, 5.74) is 3.69. The SMILES string of the molecule is Cc1ccc(S(=O)(=O)N(C)CCC2=CCC[C@H](C)[C@H]2Oc2cc(C=O)ccc2C)cc1. The largest absolute Gasteiger partial charge is 0.486 e.